The van der Waals surface area contributed by atoms with Crippen molar-refractivity contribution in [1.82, 2.24) is 5.32 Å². The average molecular weight is 998 g/mol. The number of nitrogens with one attached hydrogen (secondary N) is 1. The third-order valence-corrected chi connectivity index (χ3v) is 15.2. The highest BCUT2D eigenvalue weighted by Crippen LogP contribution is 2.38. The van der Waals surface area contributed by atoms with E-state index in [1.165, 1.54) is 257 Å². The van der Waals surface area contributed by atoms with Gasteiger partial charge in [0.1, 0.15) is 13.2 Å². The van der Waals surface area contributed by atoms with Gasteiger partial charge in [0.25, 0.3) is 7.82 Å². The Labute approximate surface area is 431 Å². The molecule has 0 rings (SSSR count). The first-order valence-electron chi connectivity index (χ1n) is 30.6. The van der Waals surface area contributed by atoms with Crippen LogP contribution in [0.25, 0.3) is 0 Å². The van der Waals surface area contributed by atoms with Gasteiger partial charge < -0.3 is 28.8 Å². The highest BCUT2D eigenvalue weighted by atomic mass is 31.2. The van der Waals surface area contributed by atoms with Gasteiger partial charge in [-0.15, -0.1) is 0 Å². The molecule has 3 unspecified atom stereocenters. The Kier molecular flexibility index (Phi) is 51.5. The van der Waals surface area contributed by atoms with E-state index >= 15 is 0 Å². The molecule has 0 aromatic carbocycles. The van der Waals surface area contributed by atoms with Gasteiger partial charge in [-0.25, -0.2) is 0 Å². The fraction of sp³-hybridized carbons (Fsp3) is 0.950. The molecule has 8 nitrogen and oxygen atoms in total. The van der Waals surface area contributed by atoms with Crippen molar-refractivity contribution in [3.05, 3.63) is 12.2 Å². The van der Waals surface area contributed by atoms with Gasteiger partial charge in [0.2, 0.25) is 5.91 Å². The zero-order chi connectivity index (χ0) is 50.6. The van der Waals surface area contributed by atoms with Gasteiger partial charge in [-0.1, -0.05) is 302 Å². The zero-order valence-corrected chi connectivity index (χ0v) is 47.9. The van der Waals surface area contributed by atoms with E-state index in [9.17, 15) is 19.4 Å². The molecule has 0 aliphatic heterocycles. The summed E-state index contributed by atoms with van der Waals surface area (Å²) in [6, 6.07) is -0.882. The molecule has 69 heavy (non-hydrogen) atoms. The van der Waals surface area contributed by atoms with E-state index in [-0.39, 0.29) is 19.1 Å². The molecular formula is C60H121N2O6P. The van der Waals surface area contributed by atoms with E-state index in [1.54, 1.807) is 6.08 Å². The number of aliphatic hydroxyl groups is 1. The van der Waals surface area contributed by atoms with Crippen LogP contribution >= 0.6 is 7.82 Å². The number of hydrogen-bond acceptors (Lipinski definition) is 6. The normalized spacial score (nSPS) is 13.9. The van der Waals surface area contributed by atoms with E-state index < -0.39 is 20.0 Å². The van der Waals surface area contributed by atoms with Gasteiger partial charge in [-0.05, 0) is 19.3 Å². The van der Waals surface area contributed by atoms with Crippen molar-refractivity contribution in [3.8, 4) is 0 Å². The number of hydrogen-bond donors (Lipinski definition) is 2. The van der Waals surface area contributed by atoms with Gasteiger partial charge in [-0.3, -0.25) is 9.36 Å². The number of nitrogens with zero attached hydrogens (tertiary/aromatic N) is 1. The first-order chi connectivity index (χ1) is 33.5. The molecule has 0 aliphatic rings. The number of likely N-dealkylation sites (N-methyl/N-ethyl adjacent to an activating group) is 1. The van der Waals surface area contributed by atoms with Crippen LogP contribution < -0.4 is 10.2 Å². The van der Waals surface area contributed by atoms with Crippen LogP contribution in [0.2, 0.25) is 0 Å². The van der Waals surface area contributed by atoms with Crippen molar-refractivity contribution in [1.29, 1.82) is 0 Å². The molecule has 0 aliphatic carbocycles. The molecule has 3 atom stereocenters. The fourth-order valence-electron chi connectivity index (χ4n) is 9.45. The zero-order valence-electron chi connectivity index (χ0n) is 47.0. The molecule has 0 aromatic rings. The van der Waals surface area contributed by atoms with E-state index in [0.29, 0.717) is 17.4 Å². The summed E-state index contributed by atoms with van der Waals surface area (Å²) in [6.45, 7) is 4.71. The van der Waals surface area contributed by atoms with Gasteiger partial charge in [0.05, 0.1) is 39.9 Å². The average Bonchev–Trinajstić information content (AvgIpc) is 3.31. The molecule has 0 bridgehead atoms. The smallest absolute Gasteiger partial charge is 0.268 e. The number of carbonyl (C=O) groups is 1. The number of aliphatic hydroxyl groups excluding tert-OH is 1. The van der Waals surface area contributed by atoms with Crippen molar-refractivity contribution in [3.63, 3.8) is 0 Å². The van der Waals surface area contributed by atoms with Crippen LogP contribution in [0.4, 0.5) is 0 Å². The Hall–Kier alpha value is -0.760. The number of carbonyl (C=O) groups excluding carboxylic acids is 1. The largest absolute Gasteiger partial charge is 0.756 e. The molecule has 2 N–H and O–H groups in total. The summed E-state index contributed by atoms with van der Waals surface area (Å²) < 4.78 is 23.4. The van der Waals surface area contributed by atoms with Crippen LogP contribution in [0.1, 0.15) is 316 Å². The Bertz CT molecular complexity index is 1130. The maximum absolute atomic E-state index is 13.0. The first-order valence-corrected chi connectivity index (χ1v) is 32.0. The molecular weight excluding hydrogens is 876 g/mol. The monoisotopic (exact) mass is 997 g/mol. The first kappa shape index (κ1) is 68.2. The fourth-order valence-corrected chi connectivity index (χ4v) is 10.2. The molecule has 1 amide bonds. The Balaban J connectivity index is 4.11. The molecule has 0 fully saturated rings. The summed E-state index contributed by atoms with van der Waals surface area (Å²) in [6.07, 6.45) is 64.4. The summed E-state index contributed by atoms with van der Waals surface area (Å²) in [5.41, 5.74) is 0. The standard InChI is InChI=1S/C60H121N2O6P/c1-6-8-10-12-14-16-18-20-22-24-26-28-29-30-31-32-33-34-36-38-40-42-44-46-48-50-52-54-60(64)61-58(57-68-69(65,66)67-56-55-62(3,4)5)59(63)53-51-49-47-45-43-41-39-37-35-27-25-23-21-19-17-15-13-11-9-7-2/h51,53,58-59,63H,6-50,52,54-57H2,1-5H3,(H-,61,64,65,66)/b53-51+. The minimum Gasteiger partial charge on any atom is -0.756 e. The summed E-state index contributed by atoms with van der Waals surface area (Å²) >= 11 is 0. The highest BCUT2D eigenvalue weighted by Gasteiger charge is 2.23. The lowest BCUT2D eigenvalue weighted by Gasteiger charge is -2.29. The van der Waals surface area contributed by atoms with Crippen LogP contribution in [-0.4, -0.2) is 68.5 Å². The topological polar surface area (TPSA) is 108 Å². The number of rotatable bonds is 57. The number of unbranched alkanes of at least 4 members (excludes halogenated alkanes) is 44. The lowest BCUT2D eigenvalue weighted by molar-refractivity contribution is -0.870. The van der Waals surface area contributed by atoms with Crippen LogP contribution in [0.5, 0.6) is 0 Å². The molecule has 0 aromatic heterocycles. The van der Waals surface area contributed by atoms with Crippen molar-refractivity contribution < 1.29 is 32.9 Å². The second-order valence-corrected chi connectivity index (χ2v) is 23.8. The van der Waals surface area contributed by atoms with Crippen LogP contribution in [-0.2, 0) is 18.4 Å². The van der Waals surface area contributed by atoms with Crippen LogP contribution in [0, 0.1) is 0 Å². The van der Waals surface area contributed by atoms with Gasteiger partial charge in [-0.2, -0.15) is 0 Å². The van der Waals surface area contributed by atoms with E-state index in [0.717, 1.165) is 38.5 Å². The maximum Gasteiger partial charge on any atom is 0.268 e. The molecule has 0 saturated carbocycles. The minimum absolute atomic E-state index is 0.00277. The number of allylic oxidation sites excluding steroid dienone is 1. The summed E-state index contributed by atoms with van der Waals surface area (Å²) in [5, 5.41) is 13.9. The Morgan fingerprint density at radius 3 is 1.09 bits per heavy atom. The second-order valence-electron chi connectivity index (χ2n) is 22.4. The third kappa shape index (κ3) is 54.8. The molecule has 9 heteroatoms. The number of amides is 1. The van der Waals surface area contributed by atoms with E-state index in [1.807, 2.05) is 27.2 Å². The van der Waals surface area contributed by atoms with E-state index in [2.05, 4.69) is 19.2 Å². The van der Waals surface area contributed by atoms with Crippen molar-refractivity contribution in [2.45, 2.75) is 328 Å². The third-order valence-electron chi connectivity index (χ3n) is 14.2. The SMILES string of the molecule is CCCCCCCCCCCCCCCCCCCC/C=C/C(O)C(COP(=O)([O-])OCC[N+](C)(C)C)NC(=O)CCCCCCCCCCCCCCCCCCCCCCCCCCCCC. The lowest BCUT2D eigenvalue weighted by atomic mass is 10.0. The minimum atomic E-state index is -4.59. The lowest BCUT2D eigenvalue weighted by Crippen LogP contribution is -2.45. The van der Waals surface area contributed by atoms with E-state index in [4.69, 9.17) is 9.05 Å². The second kappa shape index (κ2) is 52.1. The maximum atomic E-state index is 13.0. The quantitative estimate of drug-likeness (QED) is 0.0272. The van der Waals surface area contributed by atoms with Gasteiger partial charge >= 0.3 is 0 Å². The summed E-state index contributed by atoms with van der Waals surface area (Å²) in [5.74, 6) is -0.189. The Morgan fingerprint density at radius 1 is 0.493 bits per heavy atom. The number of phosphoric acid groups is 1. The molecule has 0 saturated heterocycles. The van der Waals surface area contributed by atoms with Crippen molar-refractivity contribution in [2.75, 3.05) is 40.9 Å². The van der Waals surface area contributed by atoms with Crippen molar-refractivity contribution >= 4 is 13.7 Å². The van der Waals surface area contributed by atoms with Gasteiger partial charge in [0.15, 0.2) is 0 Å². The summed E-state index contributed by atoms with van der Waals surface area (Å²) in [7, 11) is 1.28. The highest BCUT2D eigenvalue weighted by molar-refractivity contribution is 7.45. The summed E-state index contributed by atoms with van der Waals surface area (Å²) in [4.78, 5) is 25.5. The molecule has 0 spiro atoms. The predicted octanol–water partition coefficient (Wildman–Crippen LogP) is 18.0. The predicted molar refractivity (Wildman–Crippen MR) is 298 cm³/mol. The van der Waals surface area contributed by atoms with Crippen LogP contribution in [0.15, 0.2) is 12.2 Å². The molecule has 0 heterocycles. The Morgan fingerprint density at radius 2 is 0.783 bits per heavy atom. The van der Waals surface area contributed by atoms with Gasteiger partial charge in [0, 0.05) is 6.42 Å². The molecule has 412 valence electrons. The van der Waals surface area contributed by atoms with Crippen molar-refractivity contribution in [2.24, 2.45) is 0 Å². The number of quaternary nitrogens is 1. The number of phosphoric ester groups is 1. The molecule has 0 radical (unpaired) electrons. The van der Waals surface area contributed by atoms with Crippen LogP contribution in [0.3, 0.4) is 0 Å².